The first-order valence-electron chi connectivity index (χ1n) is 5.70. The van der Waals surface area contributed by atoms with Crippen molar-refractivity contribution in [3.05, 3.63) is 0 Å². The van der Waals surface area contributed by atoms with Crippen LogP contribution in [0.1, 0.15) is 33.6 Å². The van der Waals surface area contributed by atoms with Crippen LogP contribution in [0.3, 0.4) is 0 Å². The summed E-state index contributed by atoms with van der Waals surface area (Å²) in [6.45, 7) is 8.20. The maximum absolute atomic E-state index is 12.6. The summed E-state index contributed by atoms with van der Waals surface area (Å²) in [6, 6.07) is 0. The van der Waals surface area contributed by atoms with E-state index >= 15 is 0 Å². The molecular weight excluding hydrogens is 211 g/mol. The SMILES string of the molecule is CCCN(CCC)P(=O)(OCC)N(C)C. The summed E-state index contributed by atoms with van der Waals surface area (Å²) < 4.78 is 21.8. The summed E-state index contributed by atoms with van der Waals surface area (Å²) in [5, 5.41) is 0. The minimum absolute atomic E-state index is 0.486. The number of hydrogen-bond acceptors (Lipinski definition) is 2. The molecule has 0 bridgehead atoms. The predicted molar refractivity (Wildman–Crippen MR) is 65.1 cm³/mol. The van der Waals surface area contributed by atoms with Crippen molar-refractivity contribution < 1.29 is 9.09 Å². The van der Waals surface area contributed by atoms with Gasteiger partial charge >= 0.3 is 7.67 Å². The molecule has 0 rings (SSSR count). The van der Waals surface area contributed by atoms with Crippen molar-refractivity contribution >= 4 is 7.67 Å². The molecule has 0 aromatic heterocycles. The molecular formula is C10H25N2O2P. The summed E-state index contributed by atoms with van der Waals surface area (Å²) >= 11 is 0. The first-order valence-corrected chi connectivity index (χ1v) is 7.23. The molecule has 5 heteroatoms. The second-order valence-corrected chi connectivity index (χ2v) is 6.31. The molecule has 15 heavy (non-hydrogen) atoms. The second kappa shape index (κ2) is 7.39. The van der Waals surface area contributed by atoms with E-state index in [0.717, 1.165) is 25.9 Å². The highest BCUT2D eigenvalue weighted by molar-refractivity contribution is 7.53. The van der Waals surface area contributed by atoms with Gasteiger partial charge in [-0.25, -0.2) is 9.34 Å². The number of nitrogens with zero attached hydrogens (tertiary/aromatic N) is 2. The summed E-state index contributed by atoms with van der Waals surface area (Å²) in [6.07, 6.45) is 1.98. The van der Waals surface area contributed by atoms with Gasteiger partial charge in [0.1, 0.15) is 0 Å². The number of hydrogen-bond donors (Lipinski definition) is 0. The van der Waals surface area contributed by atoms with Crippen LogP contribution >= 0.6 is 7.67 Å². The van der Waals surface area contributed by atoms with E-state index in [-0.39, 0.29) is 0 Å². The van der Waals surface area contributed by atoms with Crippen molar-refractivity contribution in [2.24, 2.45) is 0 Å². The monoisotopic (exact) mass is 236 g/mol. The minimum Gasteiger partial charge on any atom is -0.306 e. The van der Waals surface area contributed by atoms with Gasteiger partial charge in [-0.2, -0.15) is 0 Å². The molecule has 0 aliphatic rings. The van der Waals surface area contributed by atoms with Crippen molar-refractivity contribution in [2.45, 2.75) is 33.6 Å². The largest absolute Gasteiger partial charge is 0.345 e. The zero-order valence-corrected chi connectivity index (χ0v) is 11.6. The molecule has 0 saturated carbocycles. The third kappa shape index (κ3) is 4.23. The smallest absolute Gasteiger partial charge is 0.306 e. The van der Waals surface area contributed by atoms with E-state index < -0.39 is 7.67 Å². The van der Waals surface area contributed by atoms with Crippen LogP contribution in [-0.2, 0) is 9.09 Å². The summed E-state index contributed by atoms with van der Waals surface area (Å²) in [5.74, 6) is 0. The lowest BCUT2D eigenvalue weighted by atomic mass is 10.4. The molecule has 0 aromatic rings. The Morgan fingerprint density at radius 2 is 1.53 bits per heavy atom. The van der Waals surface area contributed by atoms with E-state index in [0.29, 0.717) is 6.61 Å². The molecule has 92 valence electrons. The van der Waals surface area contributed by atoms with E-state index in [1.54, 1.807) is 4.67 Å². The fraction of sp³-hybridized carbons (Fsp3) is 1.00. The quantitative estimate of drug-likeness (QED) is 0.607. The molecule has 0 radical (unpaired) electrons. The highest BCUT2D eigenvalue weighted by atomic mass is 31.2. The Morgan fingerprint density at radius 1 is 1.07 bits per heavy atom. The van der Waals surface area contributed by atoms with E-state index in [9.17, 15) is 4.57 Å². The summed E-state index contributed by atoms with van der Waals surface area (Å²) in [5.41, 5.74) is 0. The predicted octanol–water partition coefficient (Wildman–Crippen LogP) is 2.81. The van der Waals surface area contributed by atoms with Gasteiger partial charge in [0.05, 0.1) is 6.61 Å². The van der Waals surface area contributed by atoms with Gasteiger partial charge in [0, 0.05) is 13.1 Å². The molecule has 0 spiro atoms. The van der Waals surface area contributed by atoms with Crippen molar-refractivity contribution in [1.29, 1.82) is 0 Å². The zero-order chi connectivity index (χ0) is 11.9. The Kier molecular flexibility index (Phi) is 7.45. The first kappa shape index (κ1) is 15.1. The lowest BCUT2D eigenvalue weighted by Crippen LogP contribution is -2.30. The van der Waals surface area contributed by atoms with Gasteiger partial charge in [-0.05, 0) is 33.9 Å². The molecule has 0 aliphatic heterocycles. The molecule has 0 heterocycles. The summed E-state index contributed by atoms with van der Waals surface area (Å²) in [7, 11) is 0.861. The molecule has 0 aromatic carbocycles. The lowest BCUT2D eigenvalue weighted by Gasteiger charge is -2.34. The Morgan fingerprint density at radius 3 is 1.80 bits per heavy atom. The van der Waals surface area contributed by atoms with Gasteiger partial charge in [-0.1, -0.05) is 13.8 Å². The van der Waals surface area contributed by atoms with Crippen LogP contribution in [0.15, 0.2) is 0 Å². The van der Waals surface area contributed by atoms with E-state index in [1.807, 2.05) is 25.7 Å². The molecule has 0 N–H and O–H groups in total. The normalized spacial score (nSPS) is 15.9. The van der Waals surface area contributed by atoms with Gasteiger partial charge in [-0.3, -0.25) is 4.57 Å². The average molecular weight is 236 g/mol. The molecule has 1 unspecified atom stereocenters. The minimum atomic E-state index is -2.77. The third-order valence-electron chi connectivity index (χ3n) is 2.12. The third-order valence-corrected chi connectivity index (χ3v) is 4.84. The molecule has 0 saturated heterocycles. The standard InChI is InChI=1S/C10H25N2O2P/c1-6-9-12(10-7-2)15(13,11(4)5)14-8-3/h6-10H2,1-5H3. The molecule has 0 fully saturated rings. The number of rotatable bonds is 8. The Hall–Kier alpha value is 0.110. The van der Waals surface area contributed by atoms with E-state index in [1.165, 1.54) is 0 Å². The fourth-order valence-electron chi connectivity index (χ4n) is 1.50. The molecule has 0 aliphatic carbocycles. The van der Waals surface area contributed by atoms with Crippen LogP contribution in [0.2, 0.25) is 0 Å². The summed E-state index contributed by atoms with van der Waals surface area (Å²) in [4.78, 5) is 0. The van der Waals surface area contributed by atoms with Gasteiger partial charge < -0.3 is 4.52 Å². The highest BCUT2D eigenvalue weighted by Gasteiger charge is 2.32. The van der Waals surface area contributed by atoms with Crippen LogP contribution in [0.5, 0.6) is 0 Å². The highest BCUT2D eigenvalue weighted by Crippen LogP contribution is 2.52. The van der Waals surface area contributed by atoms with Gasteiger partial charge in [-0.15, -0.1) is 0 Å². The Labute approximate surface area is 94.1 Å². The van der Waals surface area contributed by atoms with Crippen LogP contribution in [0, 0.1) is 0 Å². The molecule has 4 nitrogen and oxygen atoms in total. The van der Waals surface area contributed by atoms with Crippen LogP contribution in [0.25, 0.3) is 0 Å². The Balaban J connectivity index is 4.73. The zero-order valence-electron chi connectivity index (χ0n) is 10.7. The lowest BCUT2D eigenvalue weighted by molar-refractivity contribution is 0.233. The van der Waals surface area contributed by atoms with Crippen LogP contribution < -0.4 is 0 Å². The van der Waals surface area contributed by atoms with Gasteiger partial charge in [0.25, 0.3) is 0 Å². The second-order valence-electron chi connectivity index (χ2n) is 3.71. The maximum Gasteiger partial charge on any atom is 0.345 e. The fourth-order valence-corrected chi connectivity index (χ4v) is 3.64. The van der Waals surface area contributed by atoms with Crippen molar-refractivity contribution in [2.75, 3.05) is 33.8 Å². The maximum atomic E-state index is 12.6. The van der Waals surface area contributed by atoms with Gasteiger partial charge in [0.2, 0.25) is 0 Å². The van der Waals surface area contributed by atoms with Crippen LogP contribution in [-0.4, -0.2) is 43.1 Å². The molecule has 0 amide bonds. The van der Waals surface area contributed by atoms with E-state index in [2.05, 4.69) is 13.8 Å². The van der Waals surface area contributed by atoms with Crippen molar-refractivity contribution in [1.82, 2.24) is 9.34 Å². The average Bonchev–Trinajstić information content (AvgIpc) is 2.17. The first-order chi connectivity index (χ1) is 7.02. The topological polar surface area (TPSA) is 32.8 Å². The van der Waals surface area contributed by atoms with Gasteiger partial charge in [0.15, 0.2) is 0 Å². The van der Waals surface area contributed by atoms with Crippen molar-refractivity contribution in [3.8, 4) is 0 Å². The molecule has 1 atom stereocenters. The van der Waals surface area contributed by atoms with Crippen molar-refractivity contribution in [3.63, 3.8) is 0 Å². The van der Waals surface area contributed by atoms with E-state index in [4.69, 9.17) is 4.52 Å². The Bertz CT molecular complexity index is 204. The van der Waals surface area contributed by atoms with Crippen LogP contribution in [0.4, 0.5) is 0 Å².